The number of unbranched alkanes of at least 4 members (excludes halogenated alkanes) is 22. The van der Waals surface area contributed by atoms with Gasteiger partial charge < -0.3 is 18.9 Å². The van der Waals surface area contributed by atoms with Crippen LogP contribution in [-0.4, -0.2) is 75.6 Å². The lowest BCUT2D eigenvalue weighted by atomic mass is 10.0. The zero-order chi connectivity index (χ0) is 44.8. The van der Waals surface area contributed by atoms with E-state index in [1.165, 1.54) is 116 Å². The lowest BCUT2D eigenvalue weighted by Crippen LogP contribution is -2.37. The molecule has 0 aromatic heterocycles. The number of phosphoric acid groups is 1. The first kappa shape index (κ1) is 59.2. The molecule has 8 nitrogen and oxygen atoms in total. The third kappa shape index (κ3) is 49.1. The molecule has 0 radical (unpaired) electrons. The molecule has 0 fully saturated rings. The largest absolute Gasteiger partial charge is 0.472 e. The van der Waals surface area contributed by atoms with Gasteiger partial charge in [-0.2, -0.15) is 0 Å². The van der Waals surface area contributed by atoms with Crippen LogP contribution >= 0.6 is 7.82 Å². The average molecular weight is 879 g/mol. The zero-order valence-corrected chi connectivity index (χ0v) is 41.3. The molecule has 0 aliphatic rings. The van der Waals surface area contributed by atoms with E-state index in [1.807, 2.05) is 21.1 Å². The van der Waals surface area contributed by atoms with Gasteiger partial charge in [-0.3, -0.25) is 13.8 Å². The van der Waals surface area contributed by atoms with Crippen molar-refractivity contribution in [3.05, 3.63) is 60.8 Å². The molecule has 2 atom stereocenters. The zero-order valence-electron chi connectivity index (χ0n) is 40.4. The molecule has 61 heavy (non-hydrogen) atoms. The Morgan fingerprint density at radius 2 is 0.951 bits per heavy atom. The molecule has 0 heterocycles. The quantitative estimate of drug-likeness (QED) is 0.0214. The number of hydrogen-bond donors (Lipinski definition) is 1. The summed E-state index contributed by atoms with van der Waals surface area (Å²) >= 11 is 0. The third-order valence-electron chi connectivity index (χ3n) is 10.6. The minimum Gasteiger partial charge on any atom is -0.457 e. The summed E-state index contributed by atoms with van der Waals surface area (Å²) in [7, 11) is 1.66. The van der Waals surface area contributed by atoms with E-state index in [2.05, 4.69) is 74.6 Å². The molecule has 2 unspecified atom stereocenters. The fourth-order valence-electron chi connectivity index (χ4n) is 6.72. The Morgan fingerprint density at radius 1 is 0.525 bits per heavy atom. The number of carbonyl (C=O) groups is 1. The molecule has 1 N–H and O–H groups in total. The second kappa shape index (κ2) is 44.8. The van der Waals surface area contributed by atoms with Crippen LogP contribution in [0.25, 0.3) is 0 Å². The maximum Gasteiger partial charge on any atom is 0.472 e. The van der Waals surface area contributed by atoms with Gasteiger partial charge in [0, 0.05) is 13.0 Å². The monoisotopic (exact) mass is 879 g/mol. The minimum absolute atomic E-state index is 0.0855. The van der Waals surface area contributed by atoms with E-state index in [9.17, 15) is 14.3 Å². The van der Waals surface area contributed by atoms with Crippen molar-refractivity contribution in [3.63, 3.8) is 0 Å². The Labute approximate surface area is 377 Å². The Kier molecular flexibility index (Phi) is 43.5. The Morgan fingerprint density at radius 3 is 1.44 bits per heavy atom. The average Bonchev–Trinajstić information content (AvgIpc) is 3.22. The van der Waals surface area contributed by atoms with Crippen LogP contribution in [-0.2, 0) is 27.9 Å². The van der Waals surface area contributed by atoms with Gasteiger partial charge >= 0.3 is 13.8 Å². The second-order valence-corrected chi connectivity index (χ2v) is 19.3. The number of carbonyl (C=O) groups excluding carboxylic acids is 1. The molecule has 356 valence electrons. The summed E-state index contributed by atoms with van der Waals surface area (Å²) in [6.45, 7) is 5.49. The van der Waals surface area contributed by atoms with Gasteiger partial charge in [-0.1, -0.05) is 184 Å². The molecule has 0 bridgehead atoms. The van der Waals surface area contributed by atoms with Gasteiger partial charge in [0.25, 0.3) is 0 Å². The van der Waals surface area contributed by atoms with Crippen molar-refractivity contribution in [2.45, 2.75) is 213 Å². The number of esters is 1. The van der Waals surface area contributed by atoms with Crippen LogP contribution in [0, 0.1) is 0 Å². The molecular formula is C52H97NO7P+. The van der Waals surface area contributed by atoms with Crippen LogP contribution in [0.3, 0.4) is 0 Å². The number of hydrogen-bond acceptors (Lipinski definition) is 6. The van der Waals surface area contributed by atoms with Gasteiger partial charge in [-0.05, 0) is 77.0 Å². The number of nitrogens with zero attached hydrogens (tertiary/aromatic N) is 1. The number of ether oxygens (including phenoxy) is 2. The van der Waals surface area contributed by atoms with Crippen LogP contribution in [0.15, 0.2) is 60.8 Å². The van der Waals surface area contributed by atoms with E-state index >= 15 is 0 Å². The van der Waals surface area contributed by atoms with Crippen molar-refractivity contribution in [1.82, 2.24) is 0 Å². The summed E-state index contributed by atoms with van der Waals surface area (Å²) in [5, 5.41) is 0. The highest BCUT2D eigenvalue weighted by molar-refractivity contribution is 7.47. The summed E-state index contributed by atoms with van der Waals surface area (Å²) in [6, 6.07) is 0. The van der Waals surface area contributed by atoms with E-state index in [1.54, 1.807) is 0 Å². The summed E-state index contributed by atoms with van der Waals surface area (Å²) < 4.78 is 35.1. The Balaban J connectivity index is 4.07. The molecule has 0 aromatic rings. The fraction of sp³-hybridized carbons (Fsp3) is 0.788. The summed E-state index contributed by atoms with van der Waals surface area (Å²) in [5.41, 5.74) is 0. The van der Waals surface area contributed by atoms with Crippen molar-refractivity contribution >= 4 is 13.8 Å². The first-order valence-electron chi connectivity index (χ1n) is 25.0. The lowest BCUT2D eigenvalue weighted by Gasteiger charge is -2.24. The van der Waals surface area contributed by atoms with Crippen molar-refractivity contribution in [1.29, 1.82) is 0 Å². The van der Waals surface area contributed by atoms with Crippen molar-refractivity contribution in [2.24, 2.45) is 0 Å². The predicted molar refractivity (Wildman–Crippen MR) is 261 cm³/mol. The molecule has 0 saturated heterocycles. The molecular weight excluding hydrogens is 782 g/mol. The molecule has 0 amide bonds. The fourth-order valence-corrected chi connectivity index (χ4v) is 7.46. The highest BCUT2D eigenvalue weighted by atomic mass is 31.2. The molecule has 0 aliphatic carbocycles. The van der Waals surface area contributed by atoms with Gasteiger partial charge in [0.2, 0.25) is 0 Å². The third-order valence-corrected chi connectivity index (χ3v) is 11.5. The molecule has 0 spiro atoms. The smallest absolute Gasteiger partial charge is 0.457 e. The second-order valence-electron chi connectivity index (χ2n) is 17.8. The number of rotatable bonds is 46. The standard InChI is InChI=1S/C52H96NO7P/c1-6-8-10-12-14-16-18-20-21-22-23-24-25-26-27-28-29-30-31-32-34-36-38-40-42-44-47-57-49-51(50-59-61(55,56)58-48-46-53(3,4)5)60-52(54)45-43-41-39-37-35-33-19-17-15-13-11-9-7-2/h8,10,14,16-17,19-21,23-24,51H,6-7,9,11-13,15,18,22,25-50H2,1-5H3/p+1/b10-8-,16-14-,19-17-,21-20-,24-23-. The van der Waals surface area contributed by atoms with Gasteiger partial charge in [0.1, 0.15) is 19.3 Å². The first-order chi connectivity index (χ1) is 29.6. The Bertz CT molecular complexity index is 1160. The summed E-state index contributed by atoms with van der Waals surface area (Å²) in [4.78, 5) is 22.9. The summed E-state index contributed by atoms with van der Waals surface area (Å²) in [6.07, 6.45) is 57.0. The number of quaternary nitrogens is 1. The van der Waals surface area contributed by atoms with Crippen LogP contribution in [0.2, 0.25) is 0 Å². The van der Waals surface area contributed by atoms with Crippen LogP contribution < -0.4 is 0 Å². The first-order valence-corrected chi connectivity index (χ1v) is 26.5. The highest BCUT2D eigenvalue weighted by Gasteiger charge is 2.26. The van der Waals surface area contributed by atoms with E-state index in [4.69, 9.17) is 18.5 Å². The molecule has 0 aliphatic heterocycles. The van der Waals surface area contributed by atoms with E-state index in [0.717, 1.165) is 70.6 Å². The van der Waals surface area contributed by atoms with Crippen molar-refractivity contribution in [3.8, 4) is 0 Å². The van der Waals surface area contributed by atoms with Gasteiger partial charge in [0.05, 0.1) is 34.4 Å². The van der Waals surface area contributed by atoms with E-state index in [-0.39, 0.29) is 25.8 Å². The molecule has 9 heteroatoms. The van der Waals surface area contributed by atoms with Crippen molar-refractivity contribution < 1.29 is 37.3 Å². The predicted octanol–water partition coefficient (Wildman–Crippen LogP) is 15.3. The summed E-state index contributed by atoms with van der Waals surface area (Å²) in [5.74, 6) is -0.324. The van der Waals surface area contributed by atoms with Crippen LogP contribution in [0.1, 0.15) is 206 Å². The van der Waals surface area contributed by atoms with Gasteiger partial charge in [-0.25, -0.2) is 4.57 Å². The highest BCUT2D eigenvalue weighted by Crippen LogP contribution is 2.43. The molecule has 0 saturated carbocycles. The van der Waals surface area contributed by atoms with E-state index < -0.39 is 13.9 Å². The number of likely N-dealkylation sites (N-methyl/N-ethyl adjacent to an activating group) is 1. The van der Waals surface area contributed by atoms with Crippen LogP contribution in [0.4, 0.5) is 0 Å². The topological polar surface area (TPSA) is 91.3 Å². The normalized spacial score (nSPS) is 14.1. The number of allylic oxidation sites excluding steroid dienone is 10. The SMILES string of the molecule is CC/C=C\C/C=C\C/C=C\C/C=C\CCCCCCCCCCCCCCCOCC(COP(=O)(O)OCC[N+](C)(C)C)OC(=O)CCCCCCC/C=C\CCCCCC. The van der Waals surface area contributed by atoms with Gasteiger partial charge in [-0.15, -0.1) is 0 Å². The molecule has 0 aromatic carbocycles. The van der Waals surface area contributed by atoms with Gasteiger partial charge in [0.15, 0.2) is 0 Å². The number of phosphoric ester groups is 1. The molecule has 0 rings (SSSR count). The van der Waals surface area contributed by atoms with Crippen molar-refractivity contribution in [2.75, 3.05) is 54.1 Å². The maximum atomic E-state index is 12.7. The maximum absolute atomic E-state index is 12.7. The Hall–Kier alpha value is -1.80. The van der Waals surface area contributed by atoms with Crippen LogP contribution in [0.5, 0.6) is 0 Å². The minimum atomic E-state index is -4.28. The lowest BCUT2D eigenvalue weighted by molar-refractivity contribution is -0.870. The van der Waals surface area contributed by atoms with E-state index in [0.29, 0.717) is 24.1 Å².